The maximum absolute atomic E-state index is 13.4. The zero-order chi connectivity index (χ0) is 18.1. The third-order valence-electron chi connectivity index (χ3n) is 5.33. The zero-order valence-electron chi connectivity index (χ0n) is 15.2. The lowest BCUT2D eigenvalue weighted by molar-refractivity contribution is -0.0761. The number of nitrogens with zero attached hydrogens (tertiary/aromatic N) is 1. The van der Waals surface area contributed by atoms with Gasteiger partial charge in [-0.3, -0.25) is 0 Å². The van der Waals surface area contributed by atoms with E-state index in [2.05, 4.69) is 6.92 Å². The van der Waals surface area contributed by atoms with Crippen molar-refractivity contribution in [2.45, 2.75) is 56.1 Å². The largest absolute Gasteiger partial charge is 0.486 e. The van der Waals surface area contributed by atoms with Crippen molar-refractivity contribution < 1.29 is 22.6 Å². The molecular weight excluding hydrogens is 354 g/mol. The van der Waals surface area contributed by atoms with E-state index in [0.717, 1.165) is 32.1 Å². The molecule has 1 saturated heterocycles. The standard InChI is InChI=1S/C19H27NO5S/c1-2-3-5-15-12-20(13-17(25-15)14-8-9-14)26(21,22)18-7-4-6-16-19(18)24-11-10-23-16/h4,6-7,14-15,17H,2-3,5,8-13H2,1H3/t15-,17-/m1/s1. The van der Waals surface area contributed by atoms with E-state index in [9.17, 15) is 8.42 Å². The Morgan fingerprint density at radius 1 is 1.15 bits per heavy atom. The fraction of sp³-hybridized carbons (Fsp3) is 0.684. The fourth-order valence-corrected chi connectivity index (χ4v) is 5.37. The predicted molar refractivity (Wildman–Crippen MR) is 97.1 cm³/mol. The van der Waals surface area contributed by atoms with Gasteiger partial charge in [0.1, 0.15) is 18.1 Å². The summed E-state index contributed by atoms with van der Waals surface area (Å²) in [7, 11) is -3.65. The van der Waals surface area contributed by atoms with Crippen molar-refractivity contribution in [1.29, 1.82) is 0 Å². The molecule has 0 spiro atoms. The van der Waals surface area contributed by atoms with Crippen LogP contribution >= 0.6 is 0 Å². The number of para-hydroxylation sites is 1. The molecule has 6 nitrogen and oxygen atoms in total. The van der Waals surface area contributed by atoms with Crippen LogP contribution in [-0.4, -0.2) is 51.2 Å². The summed E-state index contributed by atoms with van der Waals surface area (Å²) < 4.78 is 45.8. The molecule has 1 aromatic rings. The van der Waals surface area contributed by atoms with Gasteiger partial charge in [-0.05, 0) is 37.3 Å². The zero-order valence-corrected chi connectivity index (χ0v) is 16.0. The van der Waals surface area contributed by atoms with Crippen LogP contribution in [0.15, 0.2) is 23.1 Å². The third kappa shape index (κ3) is 3.57. The second kappa shape index (κ2) is 7.37. The number of hydrogen-bond acceptors (Lipinski definition) is 5. The first-order chi connectivity index (χ1) is 12.6. The van der Waals surface area contributed by atoms with E-state index in [-0.39, 0.29) is 17.1 Å². The Morgan fingerprint density at radius 3 is 2.73 bits per heavy atom. The van der Waals surface area contributed by atoms with E-state index in [1.807, 2.05) is 0 Å². The van der Waals surface area contributed by atoms with Crippen LogP contribution in [-0.2, 0) is 14.8 Å². The Labute approximate surface area is 155 Å². The van der Waals surface area contributed by atoms with Crippen LogP contribution in [0.3, 0.4) is 0 Å². The number of benzene rings is 1. The van der Waals surface area contributed by atoms with Gasteiger partial charge in [0.15, 0.2) is 11.5 Å². The number of unbranched alkanes of at least 4 members (excludes halogenated alkanes) is 1. The molecule has 0 radical (unpaired) electrons. The van der Waals surface area contributed by atoms with Gasteiger partial charge in [-0.2, -0.15) is 4.31 Å². The second-order valence-electron chi connectivity index (χ2n) is 7.38. The average Bonchev–Trinajstić information content (AvgIpc) is 3.51. The highest BCUT2D eigenvalue weighted by Crippen LogP contribution is 2.41. The van der Waals surface area contributed by atoms with Gasteiger partial charge in [0.25, 0.3) is 0 Å². The van der Waals surface area contributed by atoms with E-state index in [1.165, 1.54) is 0 Å². The number of morpholine rings is 1. The summed E-state index contributed by atoms with van der Waals surface area (Å²) in [6, 6.07) is 5.09. The molecule has 0 bridgehead atoms. The SMILES string of the molecule is CCCC[C@@H]1CN(S(=O)(=O)c2cccc3c2OCCO3)C[C@H](C2CC2)O1. The van der Waals surface area contributed by atoms with Gasteiger partial charge in [-0.25, -0.2) is 8.42 Å². The van der Waals surface area contributed by atoms with Gasteiger partial charge in [-0.1, -0.05) is 25.8 Å². The molecule has 2 aliphatic heterocycles. The van der Waals surface area contributed by atoms with Gasteiger partial charge in [-0.15, -0.1) is 0 Å². The van der Waals surface area contributed by atoms with Crippen molar-refractivity contribution in [3.05, 3.63) is 18.2 Å². The van der Waals surface area contributed by atoms with Crippen molar-refractivity contribution in [3.8, 4) is 11.5 Å². The lowest BCUT2D eigenvalue weighted by atomic mass is 10.1. The molecule has 1 aliphatic carbocycles. The molecular formula is C19H27NO5S. The topological polar surface area (TPSA) is 65.1 Å². The molecule has 0 N–H and O–H groups in total. The first-order valence-electron chi connectivity index (χ1n) is 9.64. The fourth-order valence-electron chi connectivity index (χ4n) is 3.74. The average molecular weight is 381 g/mol. The highest BCUT2D eigenvalue weighted by atomic mass is 32.2. The molecule has 0 amide bonds. The van der Waals surface area contributed by atoms with Crippen LogP contribution in [0, 0.1) is 5.92 Å². The summed E-state index contributed by atoms with van der Waals surface area (Å²) in [6.07, 6.45) is 5.29. The Bertz CT molecular complexity index is 746. The van der Waals surface area contributed by atoms with E-state index in [4.69, 9.17) is 14.2 Å². The van der Waals surface area contributed by atoms with E-state index >= 15 is 0 Å². The van der Waals surface area contributed by atoms with Crippen molar-refractivity contribution in [2.75, 3.05) is 26.3 Å². The minimum atomic E-state index is -3.65. The molecule has 4 rings (SSSR count). The van der Waals surface area contributed by atoms with Gasteiger partial charge in [0, 0.05) is 13.1 Å². The smallest absolute Gasteiger partial charge is 0.247 e. The quantitative estimate of drug-likeness (QED) is 0.758. The van der Waals surface area contributed by atoms with Crippen LogP contribution in [0.2, 0.25) is 0 Å². The molecule has 2 atom stereocenters. The number of fused-ring (bicyclic) bond motifs is 1. The highest BCUT2D eigenvalue weighted by Gasteiger charge is 2.42. The Balaban J connectivity index is 1.61. The molecule has 2 fully saturated rings. The van der Waals surface area contributed by atoms with Crippen LogP contribution in [0.4, 0.5) is 0 Å². The normalized spacial score (nSPS) is 26.7. The summed E-state index contributed by atoms with van der Waals surface area (Å²) in [5.74, 6) is 1.35. The summed E-state index contributed by atoms with van der Waals surface area (Å²) in [5, 5.41) is 0. The van der Waals surface area contributed by atoms with E-state index < -0.39 is 10.0 Å². The summed E-state index contributed by atoms with van der Waals surface area (Å²) in [4.78, 5) is 0.209. The Hall–Kier alpha value is -1.31. The molecule has 1 aromatic carbocycles. The second-order valence-corrected chi connectivity index (χ2v) is 9.28. The van der Waals surface area contributed by atoms with Crippen molar-refractivity contribution in [3.63, 3.8) is 0 Å². The first-order valence-corrected chi connectivity index (χ1v) is 11.1. The van der Waals surface area contributed by atoms with Crippen molar-refractivity contribution in [2.24, 2.45) is 5.92 Å². The van der Waals surface area contributed by atoms with E-state index in [1.54, 1.807) is 22.5 Å². The van der Waals surface area contributed by atoms with Gasteiger partial charge in [0.05, 0.1) is 12.2 Å². The van der Waals surface area contributed by atoms with Crippen LogP contribution < -0.4 is 9.47 Å². The molecule has 3 aliphatic rings. The molecule has 0 aromatic heterocycles. The maximum Gasteiger partial charge on any atom is 0.247 e. The minimum Gasteiger partial charge on any atom is -0.486 e. The van der Waals surface area contributed by atoms with Crippen LogP contribution in [0.25, 0.3) is 0 Å². The van der Waals surface area contributed by atoms with Crippen LogP contribution in [0.5, 0.6) is 11.5 Å². The molecule has 7 heteroatoms. The molecule has 144 valence electrons. The molecule has 2 heterocycles. The van der Waals surface area contributed by atoms with Gasteiger partial charge in [0.2, 0.25) is 10.0 Å². The summed E-state index contributed by atoms with van der Waals surface area (Å²) in [5.41, 5.74) is 0. The summed E-state index contributed by atoms with van der Waals surface area (Å²) >= 11 is 0. The van der Waals surface area contributed by atoms with Gasteiger partial charge < -0.3 is 14.2 Å². The lowest BCUT2D eigenvalue weighted by Crippen LogP contribution is -2.50. The molecule has 1 saturated carbocycles. The first kappa shape index (κ1) is 18.1. The lowest BCUT2D eigenvalue weighted by Gasteiger charge is -2.38. The molecule has 0 unspecified atom stereocenters. The Kier molecular flexibility index (Phi) is 5.12. The summed E-state index contributed by atoms with van der Waals surface area (Å²) in [6.45, 7) is 3.79. The number of ether oxygens (including phenoxy) is 3. The maximum atomic E-state index is 13.4. The highest BCUT2D eigenvalue weighted by molar-refractivity contribution is 7.89. The van der Waals surface area contributed by atoms with Crippen LogP contribution in [0.1, 0.15) is 39.0 Å². The van der Waals surface area contributed by atoms with Gasteiger partial charge >= 0.3 is 0 Å². The van der Waals surface area contributed by atoms with Crippen molar-refractivity contribution >= 4 is 10.0 Å². The predicted octanol–water partition coefficient (Wildman–Crippen LogP) is 2.82. The number of sulfonamides is 1. The molecule has 26 heavy (non-hydrogen) atoms. The Morgan fingerprint density at radius 2 is 1.96 bits per heavy atom. The number of hydrogen-bond donors (Lipinski definition) is 0. The monoisotopic (exact) mass is 381 g/mol. The third-order valence-corrected chi connectivity index (χ3v) is 7.19. The van der Waals surface area contributed by atoms with Crippen molar-refractivity contribution in [1.82, 2.24) is 4.31 Å². The van der Waals surface area contributed by atoms with E-state index in [0.29, 0.717) is 43.7 Å². The number of rotatable bonds is 6. The minimum absolute atomic E-state index is 0.0112.